The van der Waals surface area contributed by atoms with Gasteiger partial charge in [-0.05, 0) is 24.6 Å². The number of hydrogen-bond donors (Lipinski definition) is 1. The van der Waals surface area contributed by atoms with Crippen LogP contribution < -0.4 is 5.32 Å². The Kier molecular flexibility index (Phi) is 3.35. The van der Waals surface area contributed by atoms with Crippen molar-refractivity contribution in [2.24, 2.45) is 8.73 Å². The Morgan fingerprint density at radius 1 is 1.26 bits per heavy atom. The zero-order valence-corrected chi connectivity index (χ0v) is 12.2. The largest absolute Gasteiger partial charge is 0.467 e. The number of nitrogens with zero attached hydrogens (tertiary/aromatic N) is 2. The van der Waals surface area contributed by atoms with E-state index >= 15 is 0 Å². The first-order valence-electron chi connectivity index (χ1n) is 5.54. The third kappa shape index (κ3) is 2.29. The summed E-state index contributed by atoms with van der Waals surface area (Å²) >= 11 is 13.4. The van der Waals surface area contributed by atoms with Gasteiger partial charge in [-0.25, -0.2) is 0 Å². The molecule has 3 rings (SSSR count). The lowest BCUT2D eigenvalue weighted by molar-refractivity contribution is 0.515. The predicted molar refractivity (Wildman–Crippen MR) is 78.8 cm³/mol. The van der Waals surface area contributed by atoms with E-state index in [9.17, 15) is 0 Å². The summed E-state index contributed by atoms with van der Waals surface area (Å²) in [5.41, 5.74) is 3.16. The number of rotatable bonds is 3. The van der Waals surface area contributed by atoms with E-state index in [1.54, 1.807) is 12.3 Å². The summed E-state index contributed by atoms with van der Waals surface area (Å²) in [6.45, 7) is 2.52. The maximum Gasteiger partial charge on any atom is 0.130 e. The molecule has 0 aliphatic carbocycles. The standard InChI is InChI=1S/C12H9Cl2N3OS/c1-6-2-3-18-9(6)5-15-10-7(13)4-8(14)11-12(10)17-19-16-11/h2-4,15H,5H2,1H3. The summed E-state index contributed by atoms with van der Waals surface area (Å²) in [6.07, 6.45) is 1.66. The molecule has 0 amide bonds. The molecule has 0 atom stereocenters. The van der Waals surface area contributed by atoms with Gasteiger partial charge in [0.2, 0.25) is 0 Å². The minimum Gasteiger partial charge on any atom is -0.467 e. The van der Waals surface area contributed by atoms with Gasteiger partial charge in [-0.2, -0.15) is 8.73 Å². The monoisotopic (exact) mass is 313 g/mol. The Labute approximate surface area is 123 Å². The van der Waals surface area contributed by atoms with Gasteiger partial charge in [-0.15, -0.1) is 0 Å². The zero-order chi connectivity index (χ0) is 13.4. The molecule has 7 heteroatoms. The van der Waals surface area contributed by atoms with E-state index in [1.165, 1.54) is 0 Å². The fourth-order valence-electron chi connectivity index (χ4n) is 1.80. The van der Waals surface area contributed by atoms with E-state index in [-0.39, 0.29) is 0 Å². The van der Waals surface area contributed by atoms with Gasteiger partial charge < -0.3 is 9.73 Å². The minimum absolute atomic E-state index is 0.508. The van der Waals surface area contributed by atoms with Crippen molar-refractivity contribution in [3.63, 3.8) is 0 Å². The summed E-state index contributed by atoms with van der Waals surface area (Å²) < 4.78 is 13.8. The average molecular weight is 314 g/mol. The minimum atomic E-state index is 0.508. The highest BCUT2D eigenvalue weighted by Gasteiger charge is 2.18. The molecule has 0 bridgehead atoms. The van der Waals surface area contributed by atoms with Crippen LogP contribution in [0, 0.1) is 6.92 Å². The Hall–Kier alpha value is -1.30. The van der Waals surface area contributed by atoms with E-state index in [0.717, 1.165) is 28.4 Å². The summed E-state index contributed by atoms with van der Waals surface area (Å²) in [7, 11) is 0. The maximum atomic E-state index is 6.20. The molecular weight excluding hydrogens is 305 g/mol. The van der Waals surface area contributed by atoms with Crippen molar-refractivity contribution in [1.82, 2.24) is 0 Å². The first kappa shape index (κ1) is 12.7. The molecule has 0 fully saturated rings. The van der Waals surface area contributed by atoms with Gasteiger partial charge in [-0.1, -0.05) is 23.2 Å². The second-order valence-electron chi connectivity index (χ2n) is 4.06. The van der Waals surface area contributed by atoms with Gasteiger partial charge in [0.15, 0.2) is 0 Å². The Bertz CT molecular complexity index is 720. The molecule has 1 aromatic heterocycles. The summed E-state index contributed by atoms with van der Waals surface area (Å²) in [4.78, 5) is 0. The van der Waals surface area contributed by atoms with Crippen molar-refractivity contribution in [2.45, 2.75) is 13.5 Å². The molecule has 2 heterocycles. The molecule has 1 aromatic carbocycles. The smallest absolute Gasteiger partial charge is 0.130 e. The number of nitrogens with one attached hydrogen (secondary N) is 1. The first-order valence-corrected chi connectivity index (χ1v) is 7.02. The number of benzene rings is 1. The molecule has 2 aromatic rings. The van der Waals surface area contributed by atoms with Crippen LogP contribution in [0.5, 0.6) is 0 Å². The van der Waals surface area contributed by atoms with Gasteiger partial charge in [-0.3, -0.25) is 0 Å². The van der Waals surface area contributed by atoms with Crippen LogP contribution in [0.3, 0.4) is 0 Å². The van der Waals surface area contributed by atoms with Crippen molar-refractivity contribution in [3.05, 3.63) is 39.8 Å². The van der Waals surface area contributed by atoms with Gasteiger partial charge >= 0.3 is 0 Å². The van der Waals surface area contributed by atoms with Crippen molar-refractivity contribution >= 4 is 51.6 Å². The second-order valence-corrected chi connectivity index (χ2v) is 5.40. The molecule has 0 radical (unpaired) electrons. The SMILES string of the molecule is Cc1ccoc1CNc1c(Cl)cc(Cl)c2c1N=S=N2. The van der Waals surface area contributed by atoms with E-state index in [4.69, 9.17) is 27.6 Å². The Morgan fingerprint density at radius 2 is 2.05 bits per heavy atom. The highest BCUT2D eigenvalue weighted by molar-refractivity contribution is 7.58. The van der Waals surface area contributed by atoms with Crippen molar-refractivity contribution in [3.8, 4) is 0 Å². The van der Waals surface area contributed by atoms with Crippen LogP contribution in [0.15, 0.2) is 31.5 Å². The van der Waals surface area contributed by atoms with Gasteiger partial charge in [0, 0.05) is 0 Å². The number of halogens is 2. The normalized spacial score (nSPS) is 12.4. The molecular formula is C12H9Cl2N3OS. The quantitative estimate of drug-likeness (QED) is 0.719. The highest BCUT2D eigenvalue weighted by Crippen LogP contribution is 2.47. The lowest BCUT2D eigenvalue weighted by atomic mass is 10.2. The molecule has 1 N–H and O–H groups in total. The lowest BCUT2D eigenvalue weighted by Crippen LogP contribution is -2.00. The number of anilines is 1. The van der Waals surface area contributed by atoms with Crippen molar-refractivity contribution in [1.29, 1.82) is 0 Å². The van der Waals surface area contributed by atoms with Crippen LogP contribution in [-0.2, 0) is 17.9 Å². The van der Waals surface area contributed by atoms with Gasteiger partial charge in [0.25, 0.3) is 0 Å². The lowest BCUT2D eigenvalue weighted by Gasteiger charge is -2.11. The van der Waals surface area contributed by atoms with Crippen LogP contribution in [0.2, 0.25) is 10.0 Å². The molecule has 19 heavy (non-hydrogen) atoms. The van der Waals surface area contributed by atoms with E-state index < -0.39 is 0 Å². The molecule has 0 unspecified atom stereocenters. The Balaban J connectivity index is 1.92. The molecule has 1 aliphatic rings. The van der Waals surface area contributed by atoms with Gasteiger partial charge in [0.05, 0.1) is 39.9 Å². The fourth-order valence-corrected chi connectivity index (χ4v) is 2.98. The topological polar surface area (TPSA) is 49.9 Å². The highest BCUT2D eigenvalue weighted by atomic mass is 35.5. The molecule has 98 valence electrons. The Morgan fingerprint density at radius 3 is 2.79 bits per heavy atom. The van der Waals surface area contributed by atoms with E-state index in [2.05, 4.69) is 14.0 Å². The molecule has 0 spiro atoms. The second kappa shape index (κ2) is 5.00. The van der Waals surface area contributed by atoms with Crippen molar-refractivity contribution < 1.29 is 4.42 Å². The molecule has 0 saturated carbocycles. The molecule has 1 aliphatic heterocycles. The number of hydrogen-bond acceptors (Lipinski definition) is 4. The van der Waals surface area contributed by atoms with Crippen LogP contribution in [0.25, 0.3) is 0 Å². The fraction of sp³-hybridized carbons (Fsp3) is 0.167. The number of aryl methyl sites for hydroxylation is 1. The first-order chi connectivity index (χ1) is 9.16. The van der Waals surface area contributed by atoms with Crippen LogP contribution in [0.1, 0.15) is 11.3 Å². The van der Waals surface area contributed by atoms with Gasteiger partial charge in [0.1, 0.15) is 17.1 Å². The summed E-state index contributed by atoms with van der Waals surface area (Å²) in [6, 6.07) is 3.59. The summed E-state index contributed by atoms with van der Waals surface area (Å²) in [5.74, 6) is 0.863. The van der Waals surface area contributed by atoms with E-state index in [1.807, 2.05) is 13.0 Å². The van der Waals surface area contributed by atoms with E-state index in [0.29, 0.717) is 28.0 Å². The third-order valence-corrected chi connectivity index (χ3v) is 3.95. The molecule has 0 saturated heterocycles. The molecule has 4 nitrogen and oxygen atoms in total. The average Bonchev–Trinajstić information content (AvgIpc) is 2.98. The zero-order valence-electron chi connectivity index (χ0n) is 9.91. The maximum absolute atomic E-state index is 6.20. The number of furan rings is 1. The van der Waals surface area contributed by atoms with Crippen LogP contribution >= 0.6 is 23.2 Å². The third-order valence-electron chi connectivity index (χ3n) is 2.84. The number of fused-ring (bicyclic) bond motifs is 1. The van der Waals surface area contributed by atoms with Crippen molar-refractivity contribution in [2.75, 3.05) is 5.32 Å². The van der Waals surface area contributed by atoms with Crippen LogP contribution in [-0.4, -0.2) is 0 Å². The summed E-state index contributed by atoms with van der Waals surface area (Å²) in [5, 5.41) is 4.26. The predicted octanol–water partition coefficient (Wildman–Crippen LogP) is 5.23. The van der Waals surface area contributed by atoms with Crippen LogP contribution in [0.4, 0.5) is 17.1 Å².